The number of hydrogen-bond donors (Lipinski definition) is 1. The third-order valence-corrected chi connectivity index (χ3v) is 3.34. The summed E-state index contributed by atoms with van der Waals surface area (Å²) in [7, 11) is 0. The van der Waals surface area contributed by atoms with Crippen LogP contribution in [-0.2, 0) is 6.54 Å². The summed E-state index contributed by atoms with van der Waals surface area (Å²) < 4.78 is 1.41. The summed E-state index contributed by atoms with van der Waals surface area (Å²) in [5, 5.41) is 8.86. The number of aromatic nitrogens is 1. The van der Waals surface area contributed by atoms with Crippen LogP contribution in [0.3, 0.4) is 0 Å². The van der Waals surface area contributed by atoms with Gasteiger partial charge in [0.2, 0.25) is 0 Å². The molecule has 2 aromatic heterocycles. The van der Waals surface area contributed by atoms with Crippen LogP contribution in [-0.4, -0.2) is 15.6 Å². The second kappa shape index (κ2) is 4.55. The molecule has 0 aromatic carbocycles. The number of carboxylic acid groups (broad SMARTS) is 1. The number of aryl methyl sites for hydroxylation is 1. The lowest BCUT2D eigenvalue weighted by atomic mass is 10.3. The molecule has 0 saturated heterocycles. The summed E-state index contributed by atoms with van der Waals surface area (Å²) >= 11 is 1.60. The van der Waals surface area contributed by atoms with E-state index in [0.717, 1.165) is 4.88 Å². The largest absolute Gasteiger partial charge is 0.478 e. The summed E-state index contributed by atoms with van der Waals surface area (Å²) in [4.78, 5) is 24.6. The highest BCUT2D eigenvalue weighted by Gasteiger charge is 2.06. The number of carbonyl (C=O) groups is 1. The highest BCUT2D eigenvalue weighted by Crippen LogP contribution is 2.15. The van der Waals surface area contributed by atoms with Crippen molar-refractivity contribution in [2.24, 2.45) is 0 Å². The molecule has 0 radical (unpaired) electrons. The number of rotatable bonds is 3. The number of nitrogens with zero attached hydrogens (tertiary/aromatic N) is 1. The van der Waals surface area contributed by atoms with E-state index in [0.29, 0.717) is 6.54 Å². The van der Waals surface area contributed by atoms with Crippen LogP contribution in [0.2, 0.25) is 0 Å². The first kappa shape index (κ1) is 11.6. The Morgan fingerprint density at radius 2 is 2.12 bits per heavy atom. The van der Waals surface area contributed by atoms with Crippen LogP contribution in [0.5, 0.6) is 0 Å². The van der Waals surface area contributed by atoms with Gasteiger partial charge in [-0.1, -0.05) is 0 Å². The Kier molecular flexibility index (Phi) is 3.10. The zero-order valence-corrected chi connectivity index (χ0v) is 10.0. The fourth-order valence-electron chi connectivity index (χ4n) is 1.52. The van der Waals surface area contributed by atoms with E-state index in [-0.39, 0.29) is 11.1 Å². The average molecular weight is 249 g/mol. The minimum atomic E-state index is -1.03. The Morgan fingerprint density at radius 3 is 2.71 bits per heavy atom. The molecular formula is C12H11NO3S. The maximum atomic E-state index is 11.6. The van der Waals surface area contributed by atoms with Crippen LogP contribution in [0.25, 0.3) is 0 Å². The lowest BCUT2D eigenvalue weighted by Gasteiger charge is -2.04. The van der Waals surface area contributed by atoms with Crippen molar-refractivity contribution in [2.45, 2.75) is 13.5 Å². The molecule has 0 bridgehead atoms. The number of hydrogen-bond acceptors (Lipinski definition) is 3. The highest BCUT2D eigenvalue weighted by molar-refractivity contribution is 7.11. The second-order valence-electron chi connectivity index (χ2n) is 3.70. The molecule has 1 N–H and O–H groups in total. The van der Waals surface area contributed by atoms with Crippen molar-refractivity contribution in [1.29, 1.82) is 0 Å². The molecule has 0 aliphatic carbocycles. The van der Waals surface area contributed by atoms with Gasteiger partial charge < -0.3 is 9.67 Å². The smallest absolute Gasteiger partial charge is 0.337 e. The average Bonchev–Trinajstić information content (AvgIpc) is 2.67. The fraction of sp³-hybridized carbons (Fsp3) is 0.167. The van der Waals surface area contributed by atoms with E-state index in [4.69, 9.17) is 5.11 Å². The van der Waals surface area contributed by atoms with Crippen molar-refractivity contribution in [3.8, 4) is 0 Å². The molecule has 0 fully saturated rings. The molecule has 88 valence electrons. The van der Waals surface area contributed by atoms with Gasteiger partial charge in [0, 0.05) is 22.0 Å². The van der Waals surface area contributed by atoms with E-state index in [2.05, 4.69) is 0 Å². The molecule has 0 aliphatic rings. The van der Waals surface area contributed by atoms with Crippen molar-refractivity contribution in [1.82, 2.24) is 4.57 Å². The zero-order chi connectivity index (χ0) is 12.4. The molecule has 4 nitrogen and oxygen atoms in total. The predicted molar refractivity (Wildman–Crippen MR) is 65.8 cm³/mol. The van der Waals surface area contributed by atoms with Crippen LogP contribution in [0.4, 0.5) is 0 Å². The van der Waals surface area contributed by atoms with Gasteiger partial charge in [-0.25, -0.2) is 4.79 Å². The van der Waals surface area contributed by atoms with E-state index in [1.807, 2.05) is 19.1 Å². The normalized spacial score (nSPS) is 10.4. The molecule has 0 spiro atoms. The van der Waals surface area contributed by atoms with E-state index in [1.165, 1.54) is 27.8 Å². The quantitative estimate of drug-likeness (QED) is 0.904. The molecule has 2 heterocycles. The minimum Gasteiger partial charge on any atom is -0.478 e. The predicted octanol–water partition coefficient (Wildman–Crippen LogP) is 1.96. The Bertz CT molecular complexity index is 612. The number of pyridine rings is 1. The summed E-state index contributed by atoms with van der Waals surface area (Å²) in [6.45, 7) is 2.41. The van der Waals surface area contributed by atoms with E-state index in [1.54, 1.807) is 11.3 Å². The van der Waals surface area contributed by atoms with Crippen LogP contribution in [0, 0.1) is 6.92 Å². The molecule has 2 aromatic rings. The van der Waals surface area contributed by atoms with Crippen molar-refractivity contribution in [2.75, 3.05) is 0 Å². The van der Waals surface area contributed by atoms with Gasteiger partial charge in [0.05, 0.1) is 12.1 Å². The number of thiophene rings is 1. The van der Waals surface area contributed by atoms with Gasteiger partial charge in [-0.3, -0.25) is 4.79 Å². The SMILES string of the molecule is Cc1ccc(Cn2cc(C(=O)O)ccc2=O)s1. The van der Waals surface area contributed by atoms with Crippen molar-refractivity contribution in [3.63, 3.8) is 0 Å². The lowest BCUT2D eigenvalue weighted by molar-refractivity contribution is 0.0696. The summed E-state index contributed by atoms with van der Waals surface area (Å²) in [6, 6.07) is 6.52. The van der Waals surface area contributed by atoms with E-state index < -0.39 is 5.97 Å². The summed E-state index contributed by atoms with van der Waals surface area (Å²) in [5.74, 6) is -1.03. The van der Waals surface area contributed by atoms with Gasteiger partial charge >= 0.3 is 5.97 Å². The molecule has 5 heteroatoms. The molecule has 0 amide bonds. The molecular weight excluding hydrogens is 238 g/mol. The second-order valence-corrected chi connectivity index (χ2v) is 5.07. The van der Waals surface area contributed by atoms with Crippen molar-refractivity contribution in [3.05, 3.63) is 56.1 Å². The van der Waals surface area contributed by atoms with E-state index >= 15 is 0 Å². The van der Waals surface area contributed by atoms with Crippen molar-refractivity contribution >= 4 is 17.3 Å². The molecule has 0 atom stereocenters. The van der Waals surface area contributed by atoms with Crippen LogP contribution < -0.4 is 5.56 Å². The first-order chi connectivity index (χ1) is 8.06. The number of carboxylic acids is 1. The standard InChI is InChI=1S/C12H11NO3S/c1-8-2-4-10(17-8)7-13-6-9(12(15)16)3-5-11(13)14/h2-6H,7H2,1H3,(H,15,16). The maximum absolute atomic E-state index is 11.6. The van der Waals surface area contributed by atoms with Gasteiger partial charge in [0.15, 0.2) is 0 Å². The fourth-order valence-corrected chi connectivity index (χ4v) is 2.41. The Balaban J connectivity index is 2.35. The Labute approximate surface area is 102 Å². The van der Waals surface area contributed by atoms with Gasteiger partial charge in [-0.2, -0.15) is 0 Å². The van der Waals surface area contributed by atoms with Crippen LogP contribution >= 0.6 is 11.3 Å². The third kappa shape index (κ3) is 2.62. The molecule has 2 rings (SSSR count). The molecule has 17 heavy (non-hydrogen) atoms. The number of aromatic carboxylic acids is 1. The molecule has 0 unspecified atom stereocenters. The molecule has 0 saturated carbocycles. The Morgan fingerprint density at radius 1 is 1.35 bits per heavy atom. The molecule has 0 aliphatic heterocycles. The van der Waals surface area contributed by atoms with Crippen LogP contribution in [0.15, 0.2) is 35.3 Å². The van der Waals surface area contributed by atoms with E-state index in [9.17, 15) is 9.59 Å². The van der Waals surface area contributed by atoms with Crippen molar-refractivity contribution < 1.29 is 9.90 Å². The van der Waals surface area contributed by atoms with Gasteiger partial charge in [0.25, 0.3) is 5.56 Å². The zero-order valence-electron chi connectivity index (χ0n) is 9.21. The minimum absolute atomic E-state index is 0.123. The van der Waals surface area contributed by atoms with Gasteiger partial charge in [-0.05, 0) is 25.1 Å². The third-order valence-electron chi connectivity index (χ3n) is 2.35. The van der Waals surface area contributed by atoms with Gasteiger partial charge in [0.1, 0.15) is 0 Å². The van der Waals surface area contributed by atoms with Crippen LogP contribution in [0.1, 0.15) is 20.1 Å². The monoisotopic (exact) mass is 249 g/mol. The summed E-state index contributed by atoms with van der Waals surface area (Å²) in [5.41, 5.74) is -0.0704. The lowest BCUT2D eigenvalue weighted by Crippen LogP contribution is -2.20. The highest BCUT2D eigenvalue weighted by atomic mass is 32.1. The van der Waals surface area contributed by atoms with Gasteiger partial charge in [-0.15, -0.1) is 11.3 Å². The first-order valence-electron chi connectivity index (χ1n) is 5.05. The first-order valence-corrected chi connectivity index (χ1v) is 5.87. The maximum Gasteiger partial charge on any atom is 0.337 e. The topological polar surface area (TPSA) is 59.3 Å². The summed E-state index contributed by atoms with van der Waals surface area (Å²) in [6.07, 6.45) is 1.37. The Hall–Kier alpha value is -1.88.